The van der Waals surface area contributed by atoms with E-state index in [1.807, 2.05) is 12.2 Å². The van der Waals surface area contributed by atoms with Crippen LogP contribution >= 0.6 is 50.7 Å². The van der Waals surface area contributed by atoms with Crippen molar-refractivity contribution in [1.82, 2.24) is 5.01 Å². The monoisotopic (exact) mass is 552 g/mol. The molecule has 1 saturated carbocycles. The van der Waals surface area contributed by atoms with Crippen molar-refractivity contribution >= 4 is 68.8 Å². The fourth-order valence-electron chi connectivity index (χ4n) is 4.74. The molecule has 0 aromatic heterocycles. The van der Waals surface area contributed by atoms with Crippen LogP contribution in [-0.2, 0) is 16.2 Å². The SMILES string of the molecule is O=C1[C@@H]2[C@H](C(=O)N1N=Cc1cc(Cl)cc(Br)c1OCc1ccc(Cl)cc1Cl)[C@H]1C=C[C@H]2C1. The fraction of sp³-hybridized carbons (Fsp3) is 0.261. The zero-order valence-electron chi connectivity index (χ0n) is 16.5. The topological polar surface area (TPSA) is 59.0 Å². The van der Waals surface area contributed by atoms with Gasteiger partial charge in [-0.2, -0.15) is 10.1 Å². The van der Waals surface area contributed by atoms with Gasteiger partial charge < -0.3 is 4.74 Å². The maximum atomic E-state index is 12.9. The van der Waals surface area contributed by atoms with E-state index in [2.05, 4.69) is 21.0 Å². The van der Waals surface area contributed by atoms with E-state index < -0.39 is 0 Å². The molecule has 2 amide bonds. The van der Waals surface area contributed by atoms with Crippen LogP contribution in [0.15, 0.2) is 52.1 Å². The summed E-state index contributed by atoms with van der Waals surface area (Å²) in [6.45, 7) is 0.178. The van der Waals surface area contributed by atoms with Gasteiger partial charge in [0.25, 0.3) is 11.8 Å². The summed E-state index contributed by atoms with van der Waals surface area (Å²) in [7, 11) is 0. The second kappa shape index (κ2) is 8.49. The first kappa shape index (κ1) is 22.0. The molecule has 1 saturated heterocycles. The highest BCUT2D eigenvalue weighted by Gasteiger charge is 2.59. The molecule has 4 atom stereocenters. The highest BCUT2D eigenvalue weighted by atomic mass is 79.9. The summed E-state index contributed by atoms with van der Waals surface area (Å²) in [5.41, 5.74) is 1.27. The number of hydrogen-bond acceptors (Lipinski definition) is 4. The van der Waals surface area contributed by atoms with E-state index in [1.54, 1.807) is 30.3 Å². The number of carbonyl (C=O) groups excluding carboxylic acids is 2. The third-order valence-electron chi connectivity index (χ3n) is 6.18. The zero-order valence-corrected chi connectivity index (χ0v) is 20.3. The molecule has 2 aliphatic carbocycles. The van der Waals surface area contributed by atoms with E-state index in [0.29, 0.717) is 30.9 Å². The third-order valence-corrected chi connectivity index (χ3v) is 7.58. The van der Waals surface area contributed by atoms with Gasteiger partial charge in [-0.15, -0.1) is 0 Å². The van der Waals surface area contributed by atoms with Gasteiger partial charge in [-0.1, -0.05) is 53.0 Å². The van der Waals surface area contributed by atoms with Crippen molar-refractivity contribution in [2.45, 2.75) is 13.0 Å². The Morgan fingerprint density at radius 2 is 1.72 bits per heavy atom. The van der Waals surface area contributed by atoms with Crippen molar-refractivity contribution in [1.29, 1.82) is 0 Å². The van der Waals surface area contributed by atoms with E-state index in [9.17, 15) is 9.59 Å². The van der Waals surface area contributed by atoms with E-state index >= 15 is 0 Å². The normalized spacial score (nSPS) is 25.9. The van der Waals surface area contributed by atoms with Crippen molar-refractivity contribution in [3.63, 3.8) is 0 Å². The summed E-state index contributed by atoms with van der Waals surface area (Å²) in [4.78, 5) is 25.7. The maximum absolute atomic E-state index is 12.9. The van der Waals surface area contributed by atoms with Gasteiger partial charge in [0.05, 0.1) is 22.5 Å². The van der Waals surface area contributed by atoms with Crippen LogP contribution in [0.4, 0.5) is 0 Å². The molecule has 3 aliphatic rings. The molecule has 32 heavy (non-hydrogen) atoms. The number of rotatable bonds is 5. The van der Waals surface area contributed by atoms with Crippen LogP contribution < -0.4 is 4.74 Å². The summed E-state index contributed by atoms with van der Waals surface area (Å²) in [6, 6.07) is 8.51. The van der Waals surface area contributed by atoms with E-state index in [4.69, 9.17) is 39.5 Å². The van der Waals surface area contributed by atoms with Gasteiger partial charge in [0.15, 0.2) is 0 Å². The van der Waals surface area contributed by atoms with Gasteiger partial charge in [0.2, 0.25) is 0 Å². The van der Waals surface area contributed by atoms with Gasteiger partial charge in [-0.25, -0.2) is 0 Å². The van der Waals surface area contributed by atoms with Crippen molar-refractivity contribution in [3.05, 3.63) is 73.2 Å². The summed E-state index contributed by atoms with van der Waals surface area (Å²) in [6.07, 6.45) is 6.40. The summed E-state index contributed by atoms with van der Waals surface area (Å²) < 4.78 is 6.60. The van der Waals surface area contributed by atoms with E-state index in [1.165, 1.54) is 6.21 Å². The molecule has 0 spiro atoms. The van der Waals surface area contributed by atoms with Crippen LogP contribution in [0.3, 0.4) is 0 Å². The second-order valence-corrected chi connectivity index (χ2v) is 10.2. The number of allylic oxidation sites excluding steroid dienone is 2. The molecule has 2 bridgehead atoms. The quantitative estimate of drug-likeness (QED) is 0.254. The average Bonchev–Trinajstić information content (AvgIpc) is 3.41. The molecule has 0 unspecified atom stereocenters. The number of amides is 2. The number of hydrazone groups is 1. The minimum atomic E-state index is -0.302. The smallest absolute Gasteiger partial charge is 0.254 e. The number of benzene rings is 2. The predicted molar refractivity (Wildman–Crippen MR) is 127 cm³/mol. The van der Waals surface area contributed by atoms with Gasteiger partial charge in [0.1, 0.15) is 12.4 Å². The standard InChI is InChI=1S/C23H16BrCl3N2O3/c24-17-7-16(26)6-14(21(17)32-10-13-3-4-15(25)8-18(13)27)9-28-29-22(30)19-11-1-2-12(5-11)20(19)23(29)31/h1-4,6-9,11-12,19-20H,5,10H2/t11-,12-,19-,20+/m0/s1. The lowest BCUT2D eigenvalue weighted by atomic mass is 9.85. The molecule has 1 heterocycles. The molecule has 0 radical (unpaired) electrons. The molecule has 2 aromatic carbocycles. The van der Waals surface area contributed by atoms with Crippen LogP contribution in [0.1, 0.15) is 17.5 Å². The fourth-order valence-corrected chi connectivity index (χ4v) is 6.15. The lowest BCUT2D eigenvalue weighted by Gasteiger charge is -2.14. The van der Waals surface area contributed by atoms with Crippen molar-refractivity contribution in [3.8, 4) is 5.75 Å². The number of hydrogen-bond donors (Lipinski definition) is 0. The van der Waals surface area contributed by atoms with E-state index in [0.717, 1.165) is 17.0 Å². The molecule has 5 rings (SSSR count). The largest absolute Gasteiger partial charge is 0.487 e. The van der Waals surface area contributed by atoms with Crippen LogP contribution in [0, 0.1) is 23.7 Å². The minimum Gasteiger partial charge on any atom is -0.487 e. The van der Waals surface area contributed by atoms with Crippen LogP contribution in [0.5, 0.6) is 5.75 Å². The molecular formula is C23H16BrCl3N2O3. The Morgan fingerprint density at radius 1 is 1.03 bits per heavy atom. The second-order valence-electron chi connectivity index (χ2n) is 8.06. The highest BCUT2D eigenvalue weighted by molar-refractivity contribution is 9.10. The minimum absolute atomic E-state index is 0.130. The average molecular weight is 555 g/mol. The molecule has 1 aliphatic heterocycles. The van der Waals surface area contributed by atoms with Crippen molar-refractivity contribution in [2.75, 3.05) is 0 Å². The molecule has 164 valence electrons. The third kappa shape index (κ3) is 3.77. The molecule has 5 nitrogen and oxygen atoms in total. The number of carbonyl (C=O) groups is 2. The Bertz CT molecular complexity index is 1170. The van der Waals surface area contributed by atoms with Crippen molar-refractivity contribution in [2.24, 2.45) is 28.8 Å². The molecule has 2 fully saturated rings. The highest BCUT2D eigenvalue weighted by Crippen LogP contribution is 2.52. The summed E-state index contributed by atoms with van der Waals surface area (Å²) in [5.74, 6) is -0.374. The number of nitrogens with zero attached hydrogens (tertiary/aromatic N) is 2. The summed E-state index contributed by atoms with van der Waals surface area (Å²) in [5, 5.41) is 6.71. The van der Waals surface area contributed by atoms with E-state index in [-0.39, 0.29) is 42.1 Å². The number of ether oxygens (including phenoxy) is 1. The number of halogens is 4. The van der Waals surface area contributed by atoms with Gasteiger partial charge in [-0.05, 0) is 58.5 Å². The number of imide groups is 1. The Kier molecular flexibility index (Phi) is 5.82. The lowest BCUT2D eigenvalue weighted by molar-refractivity contribution is -0.140. The molecular weight excluding hydrogens is 539 g/mol. The Labute approximate surface area is 208 Å². The summed E-state index contributed by atoms with van der Waals surface area (Å²) >= 11 is 21.9. The van der Waals surface area contributed by atoms with Crippen molar-refractivity contribution < 1.29 is 14.3 Å². The van der Waals surface area contributed by atoms with Gasteiger partial charge in [-0.3, -0.25) is 9.59 Å². The van der Waals surface area contributed by atoms with Crippen LogP contribution in [0.25, 0.3) is 0 Å². The predicted octanol–water partition coefficient (Wildman–Crippen LogP) is 6.13. The van der Waals surface area contributed by atoms with Crippen LogP contribution in [-0.4, -0.2) is 23.0 Å². The number of fused-ring (bicyclic) bond motifs is 5. The van der Waals surface area contributed by atoms with Gasteiger partial charge in [0, 0.05) is 26.2 Å². The first-order valence-electron chi connectivity index (χ1n) is 9.99. The maximum Gasteiger partial charge on any atom is 0.254 e. The Morgan fingerprint density at radius 3 is 2.38 bits per heavy atom. The first-order chi connectivity index (χ1) is 15.3. The zero-order chi connectivity index (χ0) is 22.6. The molecule has 0 N–H and O–H groups in total. The Balaban J connectivity index is 1.40. The molecule has 2 aromatic rings. The molecule has 9 heteroatoms. The van der Waals surface area contributed by atoms with Crippen LogP contribution in [0.2, 0.25) is 15.1 Å². The first-order valence-corrected chi connectivity index (χ1v) is 11.9. The Hall–Kier alpha value is -1.86. The van der Waals surface area contributed by atoms with Gasteiger partial charge >= 0.3 is 0 Å². The lowest BCUT2D eigenvalue weighted by Crippen LogP contribution is -2.28.